The molecule has 3 heterocycles. The number of aryl methyl sites for hydroxylation is 2. The highest BCUT2D eigenvalue weighted by molar-refractivity contribution is 5.94. The average Bonchev–Trinajstić information content (AvgIpc) is 3.26. The molecule has 0 radical (unpaired) electrons. The molecule has 1 amide bonds. The summed E-state index contributed by atoms with van der Waals surface area (Å²) in [5.41, 5.74) is 5.50. The first-order valence-electron chi connectivity index (χ1n) is 14.0. The van der Waals surface area contributed by atoms with Crippen molar-refractivity contribution in [3.8, 4) is 6.07 Å². The molecule has 0 saturated carbocycles. The van der Waals surface area contributed by atoms with Crippen LogP contribution in [0.25, 0.3) is 0 Å². The Morgan fingerprint density at radius 2 is 1.79 bits per heavy atom. The van der Waals surface area contributed by atoms with E-state index in [1.54, 1.807) is 31.3 Å². The molecule has 0 bridgehead atoms. The van der Waals surface area contributed by atoms with Gasteiger partial charge in [0.05, 0.1) is 0 Å². The molecule has 1 fully saturated rings. The zero-order chi connectivity index (χ0) is 29.8. The van der Waals surface area contributed by atoms with Gasteiger partial charge in [-0.3, -0.25) is 9.69 Å². The van der Waals surface area contributed by atoms with E-state index in [4.69, 9.17) is 0 Å². The van der Waals surface area contributed by atoms with Crippen LogP contribution < -0.4 is 10.6 Å². The number of aromatic nitrogens is 3. The van der Waals surface area contributed by atoms with Gasteiger partial charge in [-0.25, -0.2) is 9.37 Å². The standard InChI is InChI=1S/C32H35FN8O/c1-21-17-26(9-10-28(21)33)36-30-11-14-35-32(38-30)37-25-7-5-23(6-8-25)31(42)41-15-12-27(13-16-41)39(3)20-24-18-22(2)40(4)29(24)19-34/h5-11,14,17-18,27H,12-13,15-16,20H2,1-4H3,(H2,35,36,37,38). The van der Waals surface area contributed by atoms with Gasteiger partial charge in [0.2, 0.25) is 5.95 Å². The summed E-state index contributed by atoms with van der Waals surface area (Å²) in [5.74, 6) is 0.736. The van der Waals surface area contributed by atoms with Crippen molar-refractivity contribution in [1.82, 2.24) is 24.3 Å². The first-order chi connectivity index (χ1) is 20.2. The van der Waals surface area contributed by atoms with Crippen LogP contribution in [0.5, 0.6) is 0 Å². The summed E-state index contributed by atoms with van der Waals surface area (Å²) in [4.78, 5) is 26.2. The molecule has 10 heteroatoms. The van der Waals surface area contributed by atoms with Gasteiger partial charge in [-0.2, -0.15) is 10.2 Å². The molecule has 4 aromatic rings. The fourth-order valence-corrected chi connectivity index (χ4v) is 5.35. The second-order valence-corrected chi connectivity index (χ2v) is 10.8. The van der Waals surface area contributed by atoms with Crippen molar-refractivity contribution in [1.29, 1.82) is 5.26 Å². The molecule has 2 aromatic carbocycles. The molecule has 1 aliphatic heterocycles. The number of benzene rings is 2. The van der Waals surface area contributed by atoms with E-state index in [1.807, 2.05) is 47.7 Å². The number of rotatable bonds is 8. The number of amides is 1. The lowest BCUT2D eigenvalue weighted by atomic mass is 10.0. The number of nitriles is 1. The Balaban J connectivity index is 1.14. The van der Waals surface area contributed by atoms with E-state index in [-0.39, 0.29) is 11.7 Å². The van der Waals surface area contributed by atoms with E-state index in [1.165, 1.54) is 6.07 Å². The van der Waals surface area contributed by atoms with E-state index < -0.39 is 0 Å². The molecular weight excluding hydrogens is 531 g/mol. The molecule has 2 aromatic heterocycles. The number of anilines is 4. The van der Waals surface area contributed by atoms with Crippen LogP contribution in [0.15, 0.2) is 60.8 Å². The molecule has 5 rings (SSSR count). The van der Waals surface area contributed by atoms with Crippen LogP contribution in [0, 0.1) is 31.0 Å². The highest BCUT2D eigenvalue weighted by atomic mass is 19.1. The third kappa shape index (κ3) is 6.42. The summed E-state index contributed by atoms with van der Waals surface area (Å²) < 4.78 is 15.5. The maximum Gasteiger partial charge on any atom is 0.253 e. The smallest absolute Gasteiger partial charge is 0.253 e. The van der Waals surface area contributed by atoms with Gasteiger partial charge in [-0.1, -0.05) is 0 Å². The highest BCUT2D eigenvalue weighted by Crippen LogP contribution is 2.23. The first kappa shape index (κ1) is 28.8. The molecule has 2 N–H and O–H groups in total. The minimum Gasteiger partial charge on any atom is -0.340 e. The summed E-state index contributed by atoms with van der Waals surface area (Å²) in [5, 5.41) is 15.9. The van der Waals surface area contributed by atoms with E-state index in [0.29, 0.717) is 54.3 Å². The summed E-state index contributed by atoms with van der Waals surface area (Å²) >= 11 is 0. The largest absolute Gasteiger partial charge is 0.340 e. The van der Waals surface area contributed by atoms with Crippen LogP contribution in [-0.2, 0) is 13.6 Å². The lowest BCUT2D eigenvalue weighted by Gasteiger charge is -2.36. The number of nitrogens with zero attached hydrogens (tertiary/aromatic N) is 6. The second-order valence-electron chi connectivity index (χ2n) is 10.8. The van der Waals surface area contributed by atoms with Crippen molar-refractivity contribution < 1.29 is 9.18 Å². The Kier molecular flexibility index (Phi) is 8.50. The minimum absolute atomic E-state index is 0.0187. The predicted octanol–water partition coefficient (Wildman–Crippen LogP) is 5.67. The van der Waals surface area contributed by atoms with Gasteiger partial charge in [0.1, 0.15) is 23.4 Å². The molecule has 0 aliphatic carbocycles. The molecule has 1 saturated heterocycles. The Morgan fingerprint density at radius 1 is 1.07 bits per heavy atom. The quantitative estimate of drug-likeness (QED) is 0.284. The van der Waals surface area contributed by atoms with Crippen molar-refractivity contribution in [2.45, 2.75) is 39.3 Å². The van der Waals surface area contributed by atoms with Crippen LogP contribution in [-0.4, -0.2) is 56.4 Å². The number of piperidine rings is 1. The normalized spacial score (nSPS) is 13.7. The van der Waals surface area contributed by atoms with Gasteiger partial charge < -0.3 is 20.1 Å². The summed E-state index contributed by atoms with van der Waals surface area (Å²) in [6.07, 6.45) is 3.40. The number of carbonyl (C=O) groups excluding carboxylic acids is 1. The van der Waals surface area contributed by atoms with Crippen molar-refractivity contribution in [3.63, 3.8) is 0 Å². The van der Waals surface area contributed by atoms with Crippen molar-refractivity contribution in [2.24, 2.45) is 7.05 Å². The molecule has 0 spiro atoms. The van der Waals surface area contributed by atoms with Gasteiger partial charge in [0.15, 0.2) is 0 Å². The topological polar surface area (TPSA) is 102 Å². The summed E-state index contributed by atoms with van der Waals surface area (Å²) in [6, 6.07) is 18.6. The van der Waals surface area contributed by atoms with E-state index in [0.717, 1.165) is 35.5 Å². The predicted molar refractivity (Wildman–Crippen MR) is 161 cm³/mol. The van der Waals surface area contributed by atoms with E-state index >= 15 is 0 Å². The Labute approximate surface area is 245 Å². The van der Waals surface area contributed by atoms with Gasteiger partial charge in [-0.05, 0) is 93.9 Å². The number of carbonyl (C=O) groups is 1. The third-order valence-corrected chi connectivity index (χ3v) is 7.93. The minimum atomic E-state index is -0.255. The lowest BCUT2D eigenvalue weighted by molar-refractivity contribution is 0.0639. The summed E-state index contributed by atoms with van der Waals surface area (Å²) in [6.45, 7) is 5.82. The molecule has 0 unspecified atom stereocenters. The first-order valence-corrected chi connectivity index (χ1v) is 14.0. The van der Waals surface area contributed by atoms with Crippen LogP contribution in [0.2, 0.25) is 0 Å². The Bertz CT molecular complexity index is 1620. The van der Waals surface area contributed by atoms with Crippen molar-refractivity contribution >= 4 is 29.0 Å². The zero-order valence-electron chi connectivity index (χ0n) is 24.4. The Hall–Kier alpha value is -4.75. The molecular formula is C32H35FN8O. The van der Waals surface area contributed by atoms with Crippen LogP contribution >= 0.6 is 0 Å². The second kappa shape index (κ2) is 12.4. The van der Waals surface area contributed by atoms with Crippen molar-refractivity contribution in [2.75, 3.05) is 30.8 Å². The van der Waals surface area contributed by atoms with Crippen molar-refractivity contribution in [3.05, 3.63) is 94.7 Å². The van der Waals surface area contributed by atoms with Gasteiger partial charge in [0.25, 0.3) is 5.91 Å². The number of hydrogen-bond acceptors (Lipinski definition) is 7. The monoisotopic (exact) mass is 566 g/mol. The molecule has 1 aliphatic rings. The van der Waals surface area contributed by atoms with E-state index in [2.05, 4.69) is 44.7 Å². The average molecular weight is 567 g/mol. The Morgan fingerprint density at radius 3 is 2.48 bits per heavy atom. The number of nitrogens with one attached hydrogen (secondary N) is 2. The van der Waals surface area contributed by atoms with Crippen LogP contribution in [0.1, 0.15) is 45.7 Å². The highest BCUT2D eigenvalue weighted by Gasteiger charge is 2.26. The molecule has 42 heavy (non-hydrogen) atoms. The third-order valence-electron chi connectivity index (χ3n) is 7.93. The number of likely N-dealkylation sites (tertiary alicyclic amines) is 1. The van der Waals surface area contributed by atoms with E-state index in [9.17, 15) is 14.4 Å². The van der Waals surface area contributed by atoms with Gasteiger partial charge >= 0.3 is 0 Å². The zero-order valence-corrected chi connectivity index (χ0v) is 24.4. The molecule has 216 valence electrons. The molecule has 0 atom stereocenters. The SMILES string of the molecule is Cc1cc(Nc2ccnc(Nc3ccc(C(=O)N4CCC(N(C)Cc5cc(C)n(C)c5C#N)CC4)cc3)n2)ccc1F. The van der Waals surface area contributed by atoms with Crippen LogP contribution in [0.3, 0.4) is 0 Å². The maximum absolute atomic E-state index is 13.6. The van der Waals surface area contributed by atoms with Crippen LogP contribution in [0.4, 0.5) is 27.5 Å². The summed E-state index contributed by atoms with van der Waals surface area (Å²) in [7, 11) is 4.02. The number of halogens is 1. The molecule has 9 nitrogen and oxygen atoms in total. The number of hydrogen-bond donors (Lipinski definition) is 2. The van der Waals surface area contributed by atoms with Gasteiger partial charge in [-0.15, -0.1) is 0 Å². The van der Waals surface area contributed by atoms with Gasteiger partial charge in [0, 0.05) is 67.1 Å². The lowest BCUT2D eigenvalue weighted by Crippen LogP contribution is -2.45. The fraction of sp³-hybridized carbons (Fsp3) is 0.312. The maximum atomic E-state index is 13.6. The fourth-order valence-electron chi connectivity index (χ4n) is 5.35.